The van der Waals surface area contributed by atoms with Gasteiger partial charge in [-0.15, -0.1) is 0 Å². The van der Waals surface area contributed by atoms with Gasteiger partial charge in [-0.25, -0.2) is 0 Å². The number of rotatable bonds is 4. The van der Waals surface area contributed by atoms with E-state index in [9.17, 15) is 14.4 Å². The van der Waals surface area contributed by atoms with Crippen molar-refractivity contribution in [3.8, 4) is 5.75 Å². The van der Waals surface area contributed by atoms with Crippen LogP contribution < -0.4 is 15.8 Å². The highest BCUT2D eigenvalue weighted by molar-refractivity contribution is 7.80. The van der Waals surface area contributed by atoms with Crippen LogP contribution in [0.3, 0.4) is 0 Å². The van der Waals surface area contributed by atoms with Crippen LogP contribution >= 0.6 is 23.8 Å². The maximum Gasteiger partial charge on any atom is 0.265 e. The third kappa shape index (κ3) is 3.85. The number of nitrogens with two attached hydrogens (primary N) is 1. The molecule has 1 aliphatic rings. The first-order valence-electron chi connectivity index (χ1n) is 6.35. The van der Waals surface area contributed by atoms with E-state index in [4.69, 9.17) is 34.3 Å². The number of halogens is 1. The summed E-state index contributed by atoms with van der Waals surface area (Å²) in [6, 6.07) is 4.60. The summed E-state index contributed by atoms with van der Waals surface area (Å²) in [4.78, 5) is 35.8. The van der Waals surface area contributed by atoms with Gasteiger partial charge in [0.25, 0.3) is 17.7 Å². The molecule has 9 heteroatoms. The summed E-state index contributed by atoms with van der Waals surface area (Å²) in [5.41, 5.74) is 5.43. The van der Waals surface area contributed by atoms with Crippen molar-refractivity contribution in [1.29, 1.82) is 0 Å². The van der Waals surface area contributed by atoms with Gasteiger partial charge >= 0.3 is 0 Å². The van der Waals surface area contributed by atoms with Crippen LogP contribution in [0.25, 0.3) is 6.08 Å². The van der Waals surface area contributed by atoms with Gasteiger partial charge in [-0.2, -0.15) is 0 Å². The lowest BCUT2D eigenvalue weighted by molar-refractivity contribution is -0.128. The van der Waals surface area contributed by atoms with Crippen molar-refractivity contribution in [2.24, 2.45) is 5.73 Å². The first kappa shape index (κ1) is 16.9. The number of carbonyl (C=O) groups is 3. The maximum absolute atomic E-state index is 12.1. The van der Waals surface area contributed by atoms with E-state index in [1.807, 2.05) is 0 Å². The molecule has 1 saturated heterocycles. The van der Waals surface area contributed by atoms with Crippen LogP contribution in [0.1, 0.15) is 5.56 Å². The van der Waals surface area contributed by atoms with Gasteiger partial charge in [0.15, 0.2) is 11.7 Å². The van der Waals surface area contributed by atoms with Gasteiger partial charge in [-0.05, 0) is 36.0 Å². The molecule has 0 aliphatic carbocycles. The second kappa shape index (κ2) is 6.76. The molecule has 1 heterocycles. The molecule has 0 atom stereocenters. The Morgan fingerprint density at radius 2 is 2.17 bits per heavy atom. The molecule has 23 heavy (non-hydrogen) atoms. The Morgan fingerprint density at radius 1 is 1.48 bits per heavy atom. The molecule has 0 spiro atoms. The van der Waals surface area contributed by atoms with Gasteiger partial charge in [0, 0.05) is 7.05 Å². The predicted molar refractivity (Wildman–Crippen MR) is 87.6 cm³/mol. The number of nitrogens with one attached hydrogen (secondary N) is 1. The molecule has 3 amide bonds. The maximum atomic E-state index is 12.1. The fourth-order valence-electron chi connectivity index (χ4n) is 1.79. The van der Waals surface area contributed by atoms with Gasteiger partial charge < -0.3 is 10.5 Å². The number of benzene rings is 1. The molecule has 1 aromatic carbocycles. The number of thiocarbonyl (C=S) groups is 1. The third-order valence-corrected chi connectivity index (χ3v) is 3.61. The average Bonchev–Trinajstić information content (AvgIpc) is 2.48. The lowest BCUT2D eigenvalue weighted by Crippen LogP contribution is -2.52. The number of nitrogens with zero attached hydrogens (tertiary/aromatic N) is 1. The van der Waals surface area contributed by atoms with E-state index in [0.717, 1.165) is 4.90 Å². The van der Waals surface area contributed by atoms with Gasteiger partial charge in [-0.3, -0.25) is 24.6 Å². The first-order chi connectivity index (χ1) is 10.8. The molecule has 0 unspecified atom stereocenters. The zero-order valence-corrected chi connectivity index (χ0v) is 13.5. The second-order valence-electron chi connectivity index (χ2n) is 4.63. The molecule has 0 radical (unpaired) electrons. The molecular formula is C14H12ClN3O4S. The molecule has 7 nitrogen and oxygen atoms in total. The molecular weight excluding hydrogens is 342 g/mol. The lowest BCUT2D eigenvalue weighted by Gasteiger charge is -2.25. The Morgan fingerprint density at radius 3 is 2.78 bits per heavy atom. The van der Waals surface area contributed by atoms with Crippen molar-refractivity contribution in [2.45, 2.75) is 0 Å². The number of carbonyl (C=O) groups excluding carboxylic acids is 3. The number of amides is 3. The van der Waals surface area contributed by atoms with Crippen LogP contribution in [-0.4, -0.2) is 41.4 Å². The molecule has 0 bridgehead atoms. The summed E-state index contributed by atoms with van der Waals surface area (Å²) in [5.74, 6) is -1.45. The SMILES string of the molecule is CN1C(=O)C(=Cc2ccc(OCC(N)=O)c(Cl)c2)C(=O)NC1=S. The van der Waals surface area contributed by atoms with Crippen LogP contribution in [0.5, 0.6) is 5.75 Å². The van der Waals surface area contributed by atoms with E-state index in [2.05, 4.69) is 5.32 Å². The Hall–Kier alpha value is -2.45. The Bertz CT molecular complexity index is 748. The largest absolute Gasteiger partial charge is 0.482 e. The van der Waals surface area contributed by atoms with Crippen molar-refractivity contribution < 1.29 is 19.1 Å². The van der Waals surface area contributed by atoms with Crippen molar-refractivity contribution in [3.63, 3.8) is 0 Å². The highest BCUT2D eigenvalue weighted by Crippen LogP contribution is 2.26. The Labute approximate surface area is 142 Å². The molecule has 0 aromatic heterocycles. The molecule has 0 saturated carbocycles. The molecule has 1 aromatic rings. The fourth-order valence-corrected chi connectivity index (χ4v) is 2.20. The topological polar surface area (TPSA) is 102 Å². The summed E-state index contributed by atoms with van der Waals surface area (Å²) in [7, 11) is 1.46. The number of hydrogen-bond donors (Lipinski definition) is 2. The third-order valence-electron chi connectivity index (χ3n) is 2.94. The summed E-state index contributed by atoms with van der Waals surface area (Å²) < 4.78 is 5.12. The van der Waals surface area contributed by atoms with E-state index in [-0.39, 0.29) is 28.1 Å². The van der Waals surface area contributed by atoms with Crippen molar-refractivity contribution in [1.82, 2.24) is 10.2 Å². The van der Waals surface area contributed by atoms with E-state index in [1.54, 1.807) is 6.07 Å². The Balaban J connectivity index is 2.27. The highest BCUT2D eigenvalue weighted by Gasteiger charge is 2.30. The van der Waals surface area contributed by atoms with Crippen molar-refractivity contribution in [3.05, 3.63) is 34.4 Å². The number of primary amides is 1. The molecule has 120 valence electrons. The van der Waals surface area contributed by atoms with Crippen LogP contribution in [0.2, 0.25) is 5.02 Å². The molecule has 1 aliphatic heterocycles. The smallest absolute Gasteiger partial charge is 0.265 e. The number of ether oxygens (including phenoxy) is 1. The van der Waals surface area contributed by atoms with Gasteiger partial charge in [-0.1, -0.05) is 17.7 Å². The fraction of sp³-hybridized carbons (Fsp3) is 0.143. The standard InChI is InChI=1S/C14H12ClN3O4S/c1-18-13(21)8(12(20)17-14(18)23)4-7-2-3-10(9(15)5-7)22-6-11(16)19/h2-5H,6H2,1H3,(H2,16,19)(H,17,20,23). The highest BCUT2D eigenvalue weighted by atomic mass is 35.5. The van der Waals surface area contributed by atoms with Crippen LogP contribution in [-0.2, 0) is 14.4 Å². The monoisotopic (exact) mass is 353 g/mol. The minimum absolute atomic E-state index is 0.0467. The van der Waals surface area contributed by atoms with Crippen LogP contribution in [0.4, 0.5) is 0 Å². The molecule has 1 fully saturated rings. The summed E-state index contributed by atoms with van der Waals surface area (Å²) in [5, 5.41) is 2.67. The minimum atomic E-state index is -0.629. The normalized spacial score (nSPS) is 16.5. The molecule has 3 N–H and O–H groups in total. The zero-order valence-electron chi connectivity index (χ0n) is 12.0. The number of likely N-dealkylation sites (N-methyl/N-ethyl adjacent to an activating group) is 1. The molecule has 2 rings (SSSR count). The van der Waals surface area contributed by atoms with Gasteiger partial charge in [0.2, 0.25) is 0 Å². The Kier molecular flexibility index (Phi) is 4.97. The van der Waals surface area contributed by atoms with Crippen LogP contribution in [0.15, 0.2) is 23.8 Å². The van der Waals surface area contributed by atoms with Crippen molar-refractivity contribution >= 4 is 52.7 Å². The van der Waals surface area contributed by atoms with E-state index < -0.39 is 17.7 Å². The van der Waals surface area contributed by atoms with E-state index in [0.29, 0.717) is 5.56 Å². The van der Waals surface area contributed by atoms with Gasteiger partial charge in [0.1, 0.15) is 11.3 Å². The quantitative estimate of drug-likeness (QED) is 0.465. The lowest BCUT2D eigenvalue weighted by atomic mass is 10.1. The van der Waals surface area contributed by atoms with E-state index in [1.165, 1.54) is 25.3 Å². The van der Waals surface area contributed by atoms with Crippen molar-refractivity contribution in [2.75, 3.05) is 13.7 Å². The average molecular weight is 354 g/mol. The summed E-state index contributed by atoms with van der Waals surface area (Å²) in [6.45, 7) is -0.302. The minimum Gasteiger partial charge on any atom is -0.482 e. The summed E-state index contributed by atoms with van der Waals surface area (Å²) in [6.07, 6.45) is 1.39. The number of hydrogen-bond acceptors (Lipinski definition) is 5. The second-order valence-corrected chi connectivity index (χ2v) is 5.42. The van der Waals surface area contributed by atoms with Crippen LogP contribution in [0, 0.1) is 0 Å². The van der Waals surface area contributed by atoms with Gasteiger partial charge in [0.05, 0.1) is 5.02 Å². The summed E-state index contributed by atoms with van der Waals surface area (Å²) >= 11 is 10.9. The predicted octanol–water partition coefficient (Wildman–Crippen LogP) is 0.461. The first-order valence-corrected chi connectivity index (χ1v) is 7.14. The zero-order chi connectivity index (χ0) is 17.1. The van der Waals surface area contributed by atoms with E-state index >= 15 is 0 Å².